The van der Waals surface area contributed by atoms with Crippen molar-refractivity contribution in [3.05, 3.63) is 42.0 Å². The molecule has 10 heteroatoms. The van der Waals surface area contributed by atoms with Crippen molar-refractivity contribution >= 4 is 21.7 Å². The van der Waals surface area contributed by atoms with Crippen molar-refractivity contribution in [2.45, 2.75) is 18.7 Å². The van der Waals surface area contributed by atoms with Gasteiger partial charge in [0.05, 0.1) is 4.90 Å². The number of hydrogen-bond donors (Lipinski definition) is 0. The molecule has 152 valence electrons. The van der Waals surface area contributed by atoms with E-state index < -0.39 is 21.7 Å². The molecule has 0 atom stereocenters. The largest absolute Gasteiger partial charge is 0.356 e. The summed E-state index contributed by atoms with van der Waals surface area (Å²) in [5.74, 6) is -0.770. The molecule has 1 saturated heterocycles. The van der Waals surface area contributed by atoms with Gasteiger partial charge in [-0.1, -0.05) is 0 Å². The lowest BCUT2D eigenvalue weighted by Crippen LogP contribution is -2.49. The predicted octanol–water partition coefficient (Wildman–Crippen LogP) is 2.11. The standard InChI is InChI=1S/C18H23F2N5O2S/c1-3-23(4-2)17-7-8-18(22-21-17)24-9-11-25(12-10-24)28(26,27)14-5-6-15(19)16(20)13-14/h5-8,13H,3-4,9-12H2,1-2H3. The molecule has 0 radical (unpaired) electrons. The van der Waals surface area contributed by atoms with Crippen LogP contribution in [0.4, 0.5) is 20.4 Å². The van der Waals surface area contributed by atoms with Crippen LogP contribution in [0.1, 0.15) is 13.8 Å². The van der Waals surface area contributed by atoms with Crippen LogP contribution >= 0.6 is 0 Å². The lowest BCUT2D eigenvalue weighted by Gasteiger charge is -2.34. The van der Waals surface area contributed by atoms with E-state index in [1.807, 2.05) is 30.9 Å². The summed E-state index contributed by atoms with van der Waals surface area (Å²) in [6.45, 7) is 7.08. The quantitative estimate of drug-likeness (QED) is 0.725. The minimum atomic E-state index is -3.87. The molecule has 0 bridgehead atoms. The first kappa shape index (κ1) is 20.4. The summed E-state index contributed by atoms with van der Waals surface area (Å²) < 4.78 is 53.1. The first-order valence-electron chi connectivity index (χ1n) is 9.15. The van der Waals surface area contributed by atoms with Crippen LogP contribution in [-0.2, 0) is 10.0 Å². The molecule has 28 heavy (non-hydrogen) atoms. The zero-order valence-corrected chi connectivity index (χ0v) is 16.7. The van der Waals surface area contributed by atoms with Crippen LogP contribution < -0.4 is 9.80 Å². The summed E-state index contributed by atoms with van der Waals surface area (Å²) in [6.07, 6.45) is 0. The van der Waals surface area contributed by atoms with Crippen molar-refractivity contribution in [1.82, 2.24) is 14.5 Å². The van der Waals surface area contributed by atoms with Gasteiger partial charge in [0.25, 0.3) is 0 Å². The van der Waals surface area contributed by atoms with Gasteiger partial charge in [-0.2, -0.15) is 4.31 Å². The van der Waals surface area contributed by atoms with Gasteiger partial charge in [0, 0.05) is 39.3 Å². The summed E-state index contributed by atoms with van der Waals surface area (Å²) >= 11 is 0. The molecule has 1 aromatic heterocycles. The molecule has 0 saturated carbocycles. The van der Waals surface area contributed by atoms with Gasteiger partial charge >= 0.3 is 0 Å². The fourth-order valence-electron chi connectivity index (χ4n) is 3.15. The third kappa shape index (κ3) is 4.07. The maximum atomic E-state index is 13.4. The lowest BCUT2D eigenvalue weighted by atomic mass is 10.3. The summed E-state index contributed by atoms with van der Waals surface area (Å²) in [7, 11) is -3.87. The van der Waals surface area contributed by atoms with E-state index in [2.05, 4.69) is 15.1 Å². The Labute approximate surface area is 163 Å². The van der Waals surface area contributed by atoms with E-state index in [-0.39, 0.29) is 18.0 Å². The predicted molar refractivity (Wildman–Crippen MR) is 103 cm³/mol. The van der Waals surface area contributed by atoms with Gasteiger partial charge in [-0.3, -0.25) is 0 Å². The van der Waals surface area contributed by atoms with Gasteiger partial charge in [-0.25, -0.2) is 17.2 Å². The number of aromatic nitrogens is 2. The third-order valence-electron chi connectivity index (χ3n) is 4.82. The molecule has 0 spiro atoms. The van der Waals surface area contributed by atoms with Crippen LogP contribution in [0, 0.1) is 11.6 Å². The van der Waals surface area contributed by atoms with Crippen LogP contribution in [-0.4, -0.2) is 62.2 Å². The van der Waals surface area contributed by atoms with Crippen LogP contribution in [0.25, 0.3) is 0 Å². The summed E-state index contributed by atoms with van der Waals surface area (Å²) in [6, 6.07) is 6.40. The Morgan fingerprint density at radius 3 is 2.18 bits per heavy atom. The van der Waals surface area contributed by atoms with Gasteiger partial charge in [-0.15, -0.1) is 10.2 Å². The third-order valence-corrected chi connectivity index (χ3v) is 6.71. The zero-order chi connectivity index (χ0) is 20.3. The van der Waals surface area contributed by atoms with Crippen LogP contribution in [0.15, 0.2) is 35.2 Å². The van der Waals surface area contributed by atoms with Crippen LogP contribution in [0.5, 0.6) is 0 Å². The SMILES string of the molecule is CCN(CC)c1ccc(N2CCN(S(=O)(=O)c3ccc(F)c(F)c3)CC2)nn1. The minimum Gasteiger partial charge on any atom is -0.356 e. The van der Waals surface area contributed by atoms with Crippen molar-refractivity contribution < 1.29 is 17.2 Å². The van der Waals surface area contributed by atoms with Crippen molar-refractivity contribution in [2.75, 3.05) is 49.1 Å². The number of piperazine rings is 1. The molecule has 0 aliphatic carbocycles. The number of halogens is 2. The Kier molecular flexibility index (Phi) is 6.09. The Hall–Kier alpha value is -2.33. The molecule has 2 aromatic rings. The monoisotopic (exact) mass is 411 g/mol. The fraction of sp³-hybridized carbons (Fsp3) is 0.444. The number of benzene rings is 1. The van der Waals surface area contributed by atoms with Crippen LogP contribution in [0.2, 0.25) is 0 Å². The number of hydrogen-bond acceptors (Lipinski definition) is 6. The van der Waals surface area contributed by atoms with Gasteiger partial charge in [0.1, 0.15) is 0 Å². The number of sulfonamides is 1. The molecule has 3 rings (SSSR count). The molecule has 1 aliphatic rings. The molecule has 1 aromatic carbocycles. The molecular formula is C18H23F2N5O2S. The normalized spacial score (nSPS) is 15.6. The van der Waals surface area contributed by atoms with E-state index in [4.69, 9.17) is 0 Å². The average molecular weight is 411 g/mol. The fourth-order valence-corrected chi connectivity index (χ4v) is 4.58. The van der Waals surface area contributed by atoms with Crippen molar-refractivity contribution in [3.8, 4) is 0 Å². The molecule has 0 amide bonds. The average Bonchev–Trinajstić information content (AvgIpc) is 2.71. The van der Waals surface area contributed by atoms with Crippen molar-refractivity contribution in [3.63, 3.8) is 0 Å². The van der Waals surface area contributed by atoms with E-state index in [1.165, 1.54) is 4.31 Å². The highest BCUT2D eigenvalue weighted by Crippen LogP contribution is 2.22. The maximum absolute atomic E-state index is 13.4. The smallest absolute Gasteiger partial charge is 0.243 e. The molecule has 0 N–H and O–H groups in total. The van der Waals surface area contributed by atoms with E-state index >= 15 is 0 Å². The topological polar surface area (TPSA) is 69.6 Å². The van der Waals surface area contributed by atoms with Gasteiger partial charge in [-0.05, 0) is 44.2 Å². The van der Waals surface area contributed by atoms with E-state index in [0.29, 0.717) is 25.0 Å². The first-order valence-corrected chi connectivity index (χ1v) is 10.6. The Morgan fingerprint density at radius 2 is 1.64 bits per heavy atom. The number of nitrogens with zero attached hydrogens (tertiary/aromatic N) is 5. The highest BCUT2D eigenvalue weighted by Gasteiger charge is 2.29. The minimum absolute atomic E-state index is 0.223. The molecule has 0 unspecified atom stereocenters. The second-order valence-corrected chi connectivity index (χ2v) is 8.33. The maximum Gasteiger partial charge on any atom is 0.243 e. The van der Waals surface area contributed by atoms with Gasteiger partial charge in [0.15, 0.2) is 23.3 Å². The van der Waals surface area contributed by atoms with E-state index in [1.54, 1.807) is 0 Å². The number of rotatable bonds is 6. The highest BCUT2D eigenvalue weighted by atomic mass is 32.2. The molecule has 2 heterocycles. The first-order chi connectivity index (χ1) is 13.4. The van der Waals surface area contributed by atoms with Crippen molar-refractivity contribution in [1.29, 1.82) is 0 Å². The second-order valence-electron chi connectivity index (χ2n) is 6.39. The Balaban J connectivity index is 1.67. The van der Waals surface area contributed by atoms with E-state index in [9.17, 15) is 17.2 Å². The van der Waals surface area contributed by atoms with E-state index in [0.717, 1.165) is 31.0 Å². The molecule has 1 fully saturated rings. The number of anilines is 2. The van der Waals surface area contributed by atoms with Crippen molar-refractivity contribution in [2.24, 2.45) is 0 Å². The Morgan fingerprint density at radius 1 is 0.964 bits per heavy atom. The zero-order valence-electron chi connectivity index (χ0n) is 15.8. The summed E-state index contributed by atoms with van der Waals surface area (Å²) in [4.78, 5) is 3.79. The summed E-state index contributed by atoms with van der Waals surface area (Å²) in [5.41, 5.74) is 0. The summed E-state index contributed by atoms with van der Waals surface area (Å²) in [5, 5.41) is 8.52. The van der Waals surface area contributed by atoms with Crippen LogP contribution in [0.3, 0.4) is 0 Å². The van der Waals surface area contributed by atoms with Gasteiger partial charge < -0.3 is 9.80 Å². The Bertz CT molecular complexity index is 912. The highest BCUT2D eigenvalue weighted by molar-refractivity contribution is 7.89. The molecular weight excluding hydrogens is 388 g/mol. The lowest BCUT2D eigenvalue weighted by molar-refractivity contribution is 0.383. The van der Waals surface area contributed by atoms with Gasteiger partial charge in [0.2, 0.25) is 10.0 Å². The molecule has 7 nitrogen and oxygen atoms in total. The second kappa shape index (κ2) is 8.36. The molecule has 1 aliphatic heterocycles.